The number of nitrogens with zero attached hydrogens (tertiary/aromatic N) is 2. The Kier molecular flexibility index (Phi) is 9.10. The fourth-order valence-corrected chi connectivity index (χ4v) is 3.95. The minimum Gasteiger partial charge on any atom is -0.493 e. The molecule has 5 N–H and O–H groups in total. The van der Waals surface area contributed by atoms with E-state index in [-0.39, 0.29) is 23.1 Å². The molecule has 0 fully saturated rings. The summed E-state index contributed by atoms with van der Waals surface area (Å²) in [6.45, 7) is -0.312. The molecule has 0 bridgehead atoms. The summed E-state index contributed by atoms with van der Waals surface area (Å²) < 4.78 is 30.5. The van der Waals surface area contributed by atoms with E-state index in [1.165, 1.54) is 32.7 Å². The number of carbonyl (C=O) groups is 1. The number of anilines is 3. The highest BCUT2D eigenvalue weighted by Gasteiger charge is 2.16. The molecule has 0 aliphatic rings. The predicted octanol–water partition coefficient (Wildman–Crippen LogP) is 4.03. The van der Waals surface area contributed by atoms with Crippen molar-refractivity contribution in [1.82, 2.24) is 9.97 Å². The maximum atomic E-state index is 14.5. The lowest BCUT2D eigenvalue weighted by molar-refractivity contribution is -0.118. The fraction of sp³-hybridized carbons (Fsp3) is 0.222. The molecule has 2 atom stereocenters. The largest absolute Gasteiger partial charge is 0.493 e. The van der Waals surface area contributed by atoms with Gasteiger partial charge in [0.05, 0.1) is 29.4 Å². The lowest BCUT2D eigenvalue weighted by atomic mass is 10.1. The monoisotopic (exact) mass is 555 g/mol. The summed E-state index contributed by atoms with van der Waals surface area (Å²) in [5.41, 5.74) is 7.97. The zero-order valence-corrected chi connectivity index (χ0v) is 21.9. The molecule has 0 saturated carbocycles. The van der Waals surface area contributed by atoms with Crippen LogP contribution in [-0.4, -0.2) is 54.1 Å². The molecular formula is C27H27ClFN5O5. The van der Waals surface area contributed by atoms with E-state index in [0.29, 0.717) is 34.6 Å². The van der Waals surface area contributed by atoms with Crippen molar-refractivity contribution in [3.05, 3.63) is 77.3 Å². The van der Waals surface area contributed by atoms with E-state index < -0.39 is 24.1 Å². The number of fused-ring (bicyclic) bond motifs is 1. The zero-order chi connectivity index (χ0) is 27.9. The van der Waals surface area contributed by atoms with Crippen LogP contribution < -0.4 is 25.8 Å². The molecule has 12 heteroatoms. The number of aliphatic hydroxyl groups excluding tert-OH is 1. The van der Waals surface area contributed by atoms with Gasteiger partial charge in [-0.1, -0.05) is 29.8 Å². The van der Waals surface area contributed by atoms with Gasteiger partial charge in [0, 0.05) is 24.2 Å². The van der Waals surface area contributed by atoms with Crippen LogP contribution in [0, 0.1) is 5.82 Å². The summed E-state index contributed by atoms with van der Waals surface area (Å²) in [6, 6.07) is 14.3. The van der Waals surface area contributed by atoms with Crippen molar-refractivity contribution in [2.24, 2.45) is 5.73 Å². The van der Waals surface area contributed by atoms with Gasteiger partial charge in [0.25, 0.3) is 5.91 Å². The minimum atomic E-state index is -1.06. The Morgan fingerprint density at radius 1 is 1.13 bits per heavy atom. The number of aliphatic hydroxyl groups is 1. The van der Waals surface area contributed by atoms with Gasteiger partial charge in [-0.05, 0) is 42.3 Å². The van der Waals surface area contributed by atoms with Crippen molar-refractivity contribution in [1.29, 1.82) is 0 Å². The van der Waals surface area contributed by atoms with E-state index in [2.05, 4.69) is 20.6 Å². The smallest absolute Gasteiger partial charge is 0.262 e. The Labute approximate surface area is 228 Å². The van der Waals surface area contributed by atoms with E-state index in [4.69, 9.17) is 31.5 Å². The van der Waals surface area contributed by atoms with E-state index in [1.807, 2.05) is 0 Å². The number of benzene rings is 3. The number of hydrogen-bond donors (Lipinski definition) is 4. The van der Waals surface area contributed by atoms with Gasteiger partial charge in [-0.3, -0.25) is 4.79 Å². The number of aromatic nitrogens is 2. The van der Waals surface area contributed by atoms with E-state index >= 15 is 0 Å². The Balaban J connectivity index is 1.46. The van der Waals surface area contributed by atoms with Gasteiger partial charge in [0.15, 0.2) is 30.2 Å². The molecule has 1 aromatic heterocycles. The molecule has 1 amide bonds. The van der Waals surface area contributed by atoms with Gasteiger partial charge in [0.1, 0.15) is 12.1 Å². The molecule has 0 saturated heterocycles. The average molecular weight is 556 g/mol. The number of carbonyl (C=O) groups excluding carboxylic acids is 1. The van der Waals surface area contributed by atoms with Crippen molar-refractivity contribution in [2.75, 3.05) is 31.5 Å². The second-order valence-corrected chi connectivity index (χ2v) is 8.90. The highest BCUT2D eigenvalue weighted by atomic mass is 35.5. The topological polar surface area (TPSA) is 141 Å². The van der Waals surface area contributed by atoms with Crippen LogP contribution in [0.3, 0.4) is 0 Å². The third-order valence-corrected chi connectivity index (χ3v) is 6.09. The van der Waals surface area contributed by atoms with Crippen LogP contribution in [-0.2, 0) is 16.0 Å². The normalized spacial score (nSPS) is 12.6. The van der Waals surface area contributed by atoms with Crippen LogP contribution in [0.15, 0.2) is 60.9 Å². The predicted molar refractivity (Wildman–Crippen MR) is 146 cm³/mol. The van der Waals surface area contributed by atoms with Gasteiger partial charge >= 0.3 is 0 Å². The van der Waals surface area contributed by atoms with Crippen LogP contribution >= 0.6 is 11.6 Å². The molecule has 4 rings (SSSR count). The standard InChI is InChI=1S/C27H27ClFN5O5/c1-37-22-12-21-17(26(32-14-31-21)34-20-5-3-4-18(28)25(20)29)11-23(22)39-13-24(35)33-16-8-6-15(7-9-16)10-19(30)27(36)38-2/h3-9,11-12,14,19,27,36H,10,13,30H2,1-2H3,(H,33,35)(H,31,32,34)/t19-,27?/m0/s1. The lowest BCUT2D eigenvalue weighted by Crippen LogP contribution is -2.37. The second kappa shape index (κ2) is 12.7. The zero-order valence-electron chi connectivity index (χ0n) is 21.2. The molecule has 3 aromatic carbocycles. The summed E-state index contributed by atoms with van der Waals surface area (Å²) in [5, 5.41) is 15.8. The number of hydrogen-bond acceptors (Lipinski definition) is 9. The molecule has 0 aliphatic carbocycles. The SMILES string of the molecule is COc1cc2ncnc(Nc3cccc(Cl)c3F)c2cc1OCC(=O)Nc1ccc(C[C@H](N)C(O)OC)cc1. The van der Waals surface area contributed by atoms with Gasteiger partial charge in [-0.25, -0.2) is 14.4 Å². The molecule has 0 radical (unpaired) electrons. The molecule has 39 heavy (non-hydrogen) atoms. The first kappa shape index (κ1) is 28.0. The van der Waals surface area contributed by atoms with Gasteiger partial charge in [-0.15, -0.1) is 0 Å². The van der Waals surface area contributed by atoms with Crippen molar-refractivity contribution in [3.8, 4) is 11.5 Å². The first-order valence-corrected chi connectivity index (χ1v) is 12.2. The number of ether oxygens (including phenoxy) is 3. The van der Waals surface area contributed by atoms with Gasteiger partial charge < -0.3 is 35.7 Å². The second-order valence-electron chi connectivity index (χ2n) is 8.50. The lowest BCUT2D eigenvalue weighted by Gasteiger charge is -2.17. The van der Waals surface area contributed by atoms with Crippen molar-refractivity contribution in [2.45, 2.75) is 18.8 Å². The van der Waals surface area contributed by atoms with Crippen molar-refractivity contribution >= 4 is 45.6 Å². The first-order chi connectivity index (χ1) is 18.8. The highest BCUT2D eigenvalue weighted by molar-refractivity contribution is 6.31. The molecule has 4 aromatic rings. The van der Waals surface area contributed by atoms with Crippen molar-refractivity contribution < 1.29 is 28.5 Å². The van der Waals surface area contributed by atoms with E-state index in [1.54, 1.807) is 42.5 Å². The Morgan fingerprint density at radius 3 is 2.62 bits per heavy atom. The number of amides is 1. The number of rotatable bonds is 11. The summed E-state index contributed by atoms with van der Waals surface area (Å²) in [4.78, 5) is 21.1. The first-order valence-electron chi connectivity index (χ1n) is 11.8. The quantitative estimate of drug-likeness (QED) is 0.202. The third-order valence-electron chi connectivity index (χ3n) is 5.80. The maximum Gasteiger partial charge on any atom is 0.262 e. The molecule has 1 unspecified atom stereocenters. The fourth-order valence-electron chi connectivity index (χ4n) is 3.78. The molecule has 0 aliphatic heterocycles. The molecule has 204 valence electrons. The van der Waals surface area contributed by atoms with Crippen LogP contribution in [0.5, 0.6) is 11.5 Å². The Morgan fingerprint density at radius 2 is 1.90 bits per heavy atom. The Hall–Kier alpha value is -4.03. The molecule has 1 heterocycles. The molecule has 0 spiro atoms. The maximum absolute atomic E-state index is 14.5. The van der Waals surface area contributed by atoms with E-state index in [0.717, 1.165) is 5.56 Å². The highest BCUT2D eigenvalue weighted by Crippen LogP contribution is 2.35. The third kappa shape index (κ3) is 6.89. The number of methoxy groups -OCH3 is 2. The summed E-state index contributed by atoms with van der Waals surface area (Å²) >= 11 is 5.90. The Bertz CT molecular complexity index is 1460. The van der Waals surface area contributed by atoms with Gasteiger partial charge in [0.2, 0.25) is 0 Å². The van der Waals surface area contributed by atoms with Crippen LogP contribution in [0.1, 0.15) is 5.56 Å². The summed E-state index contributed by atoms with van der Waals surface area (Å²) in [5.74, 6) is -0.0783. The van der Waals surface area contributed by atoms with Crippen LogP contribution in [0.2, 0.25) is 5.02 Å². The minimum absolute atomic E-state index is 0.0295. The number of nitrogens with two attached hydrogens (primary N) is 1. The van der Waals surface area contributed by atoms with Crippen LogP contribution in [0.25, 0.3) is 10.9 Å². The number of halogens is 2. The van der Waals surface area contributed by atoms with Gasteiger partial charge in [-0.2, -0.15) is 0 Å². The van der Waals surface area contributed by atoms with Crippen molar-refractivity contribution in [3.63, 3.8) is 0 Å². The summed E-state index contributed by atoms with van der Waals surface area (Å²) in [7, 11) is 2.85. The number of nitrogens with one attached hydrogen (secondary N) is 2. The summed E-state index contributed by atoms with van der Waals surface area (Å²) in [6.07, 6.45) is 0.669. The molecular weight excluding hydrogens is 529 g/mol. The molecule has 10 nitrogen and oxygen atoms in total. The van der Waals surface area contributed by atoms with E-state index in [9.17, 15) is 14.3 Å². The average Bonchev–Trinajstić information content (AvgIpc) is 2.94. The van der Waals surface area contributed by atoms with Crippen LogP contribution in [0.4, 0.5) is 21.6 Å².